The molecule has 1 aliphatic heterocycles. The van der Waals surface area contributed by atoms with Gasteiger partial charge in [-0.25, -0.2) is 0 Å². The van der Waals surface area contributed by atoms with Gasteiger partial charge in [0.25, 0.3) is 0 Å². The van der Waals surface area contributed by atoms with Gasteiger partial charge in [0, 0.05) is 19.3 Å². The largest absolute Gasteiger partial charge is 0.480 e. The molecular formula is C12H16N2O2. The minimum absolute atomic E-state index is 0.385. The highest BCUT2D eigenvalue weighted by atomic mass is 16.4. The van der Waals surface area contributed by atoms with Crippen LogP contribution in [0.3, 0.4) is 0 Å². The molecule has 0 aromatic heterocycles. The van der Waals surface area contributed by atoms with Crippen LogP contribution in [-0.4, -0.2) is 30.7 Å². The molecule has 1 aromatic carbocycles. The van der Waals surface area contributed by atoms with Gasteiger partial charge in [-0.1, -0.05) is 12.1 Å². The number of hydrogen-bond donors (Lipinski definition) is 2. The Balaban J connectivity index is 2.18. The highest BCUT2D eigenvalue weighted by molar-refractivity contribution is 5.73. The Hall–Kier alpha value is -1.55. The van der Waals surface area contributed by atoms with Gasteiger partial charge >= 0.3 is 5.97 Å². The van der Waals surface area contributed by atoms with Crippen LogP contribution < -0.4 is 10.6 Å². The monoisotopic (exact) mass is 220 g/mol. The highest BCUT2D eigenvalue weighted by Crippen LogP contribution is 2.27. The lowest BCUT2D eigenvalue weighted by Crippen LogP contribution is -2.32. The first-order valence-electron chi connectivity index (χ1n) is 5.39. The molecule has 86 valence electrons. The standard InChI is InChI=1S/C12H16N2O2/c1-14-5-4-9-3-2-8(7-11(9)14)6-10(13)12(15)16/h2-3,7,10H,4-6,13H2,1H3,(H,15,16). The molecule has 0 spiro atoms. The fourth-order valence-electron chi connectivity index (χ4n) is 2.05. The van der Waals surface area contributed by atoms with Gasteiger partial charge in [-0.15, -0.1) is 0 Å². The Morgan fingerprint density at radius 2 is 2.38 bits per heavy atom. The van der Waals surface area contributed by atoms with Gasteiger partial charge in [-0.3, -0.25) is 4.79 Å². The van der Waals surface area contributed by atoms with Crippen LogP contribution in [0.15, 0.2) is 18.2 Å². The normalized spacial score (nSPS) is 16.0. The summed E-state index contributed by atoms with van der Waals surface area (Å²) in [6, 6.07) is 5.28. The predicted molar refractivity (Wildman–Crippen MR) is 62.7 cm³/mol. The van der Waals surface area contributed by atoms with Crippen LogP contribution in [0.1, 0.15) is 11.1 Å². The molecule has 16 heavy (non-hydrogen) atoms. The molecule has 1 heterocycles. The molecule has 0 aliphatic carbocycles. The third-order valence-corrected chi connectivity index (χ3v) is 3.05. The summed E-state index contributed by atoms with van der Waals surface area (Å²) in [6.45, 7) is 1.03. The van der Waals surface area contributed by atoms with Gasteiger partial charge in [0.15, 0.2) is 0 Å². The van der Waals surface area contributed by atoms with Gasteiger partial charge in [0.2, 0.25) is 0 Å². The summed E-state index contributed by atoms with van der Waals surface area (Å²) in [7, 11) is 2.05. The zero-order chi connectivity index (χ0) is 11.7. The van der Waals surface area contributed by atoms with E-state index in [1.165, 1.54) is 11.3 Å². The number of anilines is 1. The summed E-state index contributed by atoms with van der Waals surface area (Å²) in [5.74, 6) is -0.950. The van der Waals surface area contributed by atoms with Crippen molar-refractivity contribution in [2.75, 3.05) is 18.5 Å². The van der Waals surface area contributed by atoms with E-state index in [9.17, 15) is 4.79 Å². The molecule has 4 nitrogen and oxygen atoms in total. The average molecular weight is 220 g/mol. The Bertz CT molecular complexity index is 417. The SMILES string of the molecule is CN1CCc2ccc(CC(N)C(=O)O)cc21. The van der Waals surface area contributed by atoms with E-state index in [1.807, 2.05) is 19.2 Å². The molecular weight excluding hydrogens is 204 g/mol. The van der Waals surface area contributed by atoms with Crippen LogP contribution in [0, 0.1) is 0 Å². The maximum atomic E-state index is 10.7. The molecule has 1 aromatic rings. The fraction of sp³-hybridized carbons (Fsp3) is 0.417. The number of carboxylic acids is 1. The van der Waals surface area contributed by atoms with E-state index >= 15 is 0 Å². The van der Waals surface area contributed by atoms with Crippen molar-refractivity contribution in [3.8, 4) is 0 Å². The van der Waals surface area contributed by atoms with Crippen LogP contribution in [0.5, 0.6) is 0 Å². The van der Waals surface area contributed by atoms with Crippen molar-refractivity contribution in [3.63, 3.8) is 0 Å². The molecule has 0 radical (unpaired) electrons. The number of fused-ring (bicyclic) bond motifs is 1. The minimum atomic E-state index is -0.950. The summed E-state index contributed by atoms with van der Waals surface area (Å²) in [6.07, 6.45) is 1.45. The van der Waals surface area contributed by atoms with Gasteiger partial charge in [0.1, 0.15) is 6.04 Å². The first kappa shape index (κ1) is 11.0. The van der Waals surface area contributed by atoms with Crippen LogP contribution in [0.4, 0.5) is 5.69 Å². The van der Waals surface area contributed by atoms with Crippen molar-refractivity contribution in [2.45, 2.75) is 18.9 Å². The first-order valence-corrected chi connectivity index (χ1v) is 5.39. The number of rotatable bonds is 3. The highest BCUT2D eigenvalue weighted by Gasteiger charge is 2.17. The molecule has 0 amide bonds. The maximum absolute atomic E-state index is 10.7. The number of carbonyl (C=O) groups is 1. The summed E-state index contributed by atoms with van der Waals surface area (Å²) < 4.78 is 0. The summed E-state index contributed by atoms with van der Waals surface area (Å²) in [4.78, 5) is 12.9. The first-order chi connectivity index (χ1) is 7.58. The Kier molecular flexibility index (Phi) is 2.83. The zero-order valence-corrected chi connectivity index (χ0v) is 9.31. The van der Waals surface area contributed by atoms with E-state index in [1.54, 1.807) is 0 Å². The average Bonchev–Trinajstić information content (AvgIpc) is 2.60. The molecule has 0 fully saturated rings. The molecule has 1 atom stereocenters. The third kappa shape index (κ3) is 2.02. The fourth-order valence-corrected chi connectivity index (χ4v) is 2.05. The number of carboxylic acid groups (broad SMARTS) is 1. The van der Waals surface area contributed by atoms with E-state index < -0.39 is 12.0 Å². The minimum Gasteiger partial charge on any atom is -0.480 e. The van der Waals surface area contributed by atoms with Crippen molar-refractivity contribution in [3.05, 3.63) is 29.3 Å². The van der Waals surface area contributed by atoms with Crippen LogP contribution >= 0.6 is 0 Å². The smallest absolute Gasteiger partial charge is 0.320 e. The second-order valence-corrected chi connectivity index (χ2v) is 4.28. The van der Waals surface area contributed by atoms with Crippen molar-refractivity contribution in [1.82, 2.24) is 0 Å². The number of benzene rings is 1. The summed E-state index contributed by atoms with van der Waals surface area (Å²) in [5, 5.41) is 8.75. The lowest BCUT2D eigenvalue weighted by atomic mass is 10.0. The Morgan fingerprint density at radius 1 is 1.62 bits per heavy atom. The van der Waals surface area contributed by atoms with E-state index in [0.717, 1.165) is 18.5 Å². The lowest BCUT2D eigenvalue weighted by molar-refractivity contribution is -0.138. The van der Waals surface area contributed by atoms with E-state index in [0.29, 0.717) is 6.42 Å². The molecule has 1 aliphatic rings. The topological polar surface area (TPSA) is 66.6 Å². The van der Waals surface area contributed by atoms with E-state index in [-0.39, 0.29) is 0 Å². The molecule has 2 rings (SSSR count). The second kappa shape index (κ2) is 4.14. The molecule has 4 heteroatoms. The summed E-state index contributed by atoms with van der Waals surface area (Å²) in [5.41, 5.74) is 9.04. The summed E-state index contributed by atoms with van der Waals surface area (Å²) >= 11 is 0. The van der Waals surface area contributed by atoms with Crippen molar-refractivity contribution in [2.24, 2.45) is 5.73 Å². The quantitative estimate of drug-likeness (QED) is 0.784. The lowest BCUT2D eigenvalue weighted by Gasteiger charge is -2.14. The number of nitrogens with two attached hydrogens (primary N) is 1. The number of likely N-dealkylation sites (N-methyl/N-ethyl adjacent to an activating group) is 1. The third-order valence-electron chi connectivity index (χ3n) is 3.05. The second-order valence-electron chi connectivity index (χ2n) is 4.28. The predicted octanol–water partition coefficient (Wildman–Crippen LogP) is 0.633. The number of nitrogens with zero attached hydrogens (tertiary/aromatic N) is 1. The van der Waals surface area contributed by atoms with Crippen LogP contribution in [0.25, 0.3) is 0 Å². The molecule has 0 saturated carbocycles. The van der Waals surface area contributed by atoms with Crippen molar-refractivity contribution < 1.29 is 9.90 Å². The molecule has 0 bridgehead atoms. The Labute approximate surface area is 94.7 Å². The van der Waals surface area contributed by atoms with Crippen LogP contribution in [-0.2, 0) is 17.6 Å². The van der Waals surface area contributed by atoms with Crippen molar-refractivity contribution in [1.29, 1.82) is 0 Å². The van der Waals surface area contributed by atoms with E-state index in [2.05, 4.69) is 11.0 Å². The zero-order valence-electron chi connectivity index (χ0n) is 9.31. The number of hydrogen-bond acceptors (Lipinski definition) is 3. The molecule has 3 N–H and O–H groups in total. The molecule has 0 saturated heterocycles. The van der Waals surface area contributed by atoms with E-state index in [4.69, 9.17) is 10.8 Å². The van der Waals surface area contributed by atoms with Gasteiger partial charge < -0.3 is 15.7 Å². The van der Waals surface area contributed by atoms with Gasteiger partial charge in [-0.05, 0) is 30.0 Å². The Morgan fingerprint density at radius 3 is 3.06 bits per heavy atom. The van der Waals surface area contributed by atoms with Gasteiger partial charge in [0.05, 0.1) is 0 Å². The molecule has 1 unspecified atom stereocenters. The van der Waals surface area contributed by atoms with Gasteiger partial charge in [-0.2, -0.15) is 0 Å². The maximum Gasteiger partial charge on any atom is 0.320 e. The van der Waals surface area contributed by atoms with Crippen LogP contribution in [0.2, 0.25) is 0 Å². The number of aliphatic carboxylic acids is 1. The van der Waals surface area contributed by atoms with Crippen molar-refractivity contribution >= 4 is 11.7 Å².